The van der Waals surface area contributed by atoms with Gasteiger partial charge in [0.1, 0.15) is 5.76 Å². The maximum atomic E-state index is 5.85. The molecule has 0 fully saturated rings. The van der Waals surface area contributed by atoms with E-state index in [1.807, 2.05) is 24.7 Å². The van der Waals surface area contributed by atoms with Crippen LogP contribution in [0, 0.1) is 6.92 Å². The number of aromatic nitrogens is 2. The van der Waals surface area contributed by atoms with Crippen molar-refractivity contribution < 1.29 is 4.42 Å². The molecule has 2 rings (SSSR count). The fraction of sp³-hybridized carbons (Fsp3) is 0.462. The van der Waals surface area contributed by atoms with Crippen LogP contribution in [-0.4, -0.2) is 16.3 Å². The van der Waals surface area contributed by atoms with Crippen LogP contribution in [0.4, 0.5) is 0 Å². The van der Waals surface area contributed by atoms with Crippen LogP contribution < -0.4 is 5.32 Å². The van der Waals surface area contributed by atoms with E-state index in [9.17, 15) is 0 Å². The zero-order valence-electron chi connectivity index (χ0n) is 11.2. The van der Waals surface area contributed by atoms with Gasteiger partial charge in [-0.25, -0.2) is 0 Å². The van der Waals surface area contributed by atoms with Gasteiger partial charge < -0.3 is 9.73 Å². The average molecular weight is 347 g/mol. The lowest BCUT2D eigenvalue weighted by atomic mass is 10.1. The number of hydrogen-bond donors (Lipinski definition) is 1. The van der Waals surface area contributed by atoms with Gasteiger partial charge in [0.2, 0.25) is 0 Å². The molecule has 104 valence electrons. The van der Waals surface area contributed by atoms with E-state index in [2.05, 4.69) is 33.3 Å². The molecule has 0 aromatic carbocycles. The predicted octanol–water partition coefficient (Wildman–Crippen LogP) is 3.63. The first-order valence-electron chi connectivity index (χ1n) is 6.19. The lowest BCUT2D eigenvalue weighted by Crippen LogP contribution is -2.23. The second-order valence-corrected chi connectivity index (χ2v) is 5.59. The number of likely N-dealkylation sites (N-methyl/N-ethyl adjacent to an activating group) is 1. The molecule has 2 heterocycles. The van der Waals surface area contributed by atoms with Crippen molar-refractivity contribution in [2.45, 2.75) is 26.3 Å². The monoisotopic (exact) mass is 345 g/mol. The maximum Gasteiger partial charge on any atom is 0.193 e. The Labute approximate surface area is 126 Å². The van der Waals surface area contributed by atoms with E-state index >= 15 is 0 Å². The molecule has 4 nitrogen and oxygen atoms in total. The third kappa shape index (κ3) is 3.22. The molecule has 0 bridgehead atoms. The minimum absolute atomic E-state index is 0.0867. The molecule has 1 atom stereocenters. The van der Waals surface area contributed by atoms with Crippen molar-refractivity contribution in [3.05, 3.63) is 39.0 Å². The molecule has 0 amide bonds. The Morgan fingerprint density at radius 3 is 2.74 bits per heavy atom. The summed E-state index contributed by atoms with van der Waals surface area (Å²) in [5, 5.41) is 8.23. The number of nitrogens with one attached hydrogen (secondary N) is 1. The van der Waals surface area contributed by atoms with Gasteiger partial charge >= 0.3 is 0 Å². The first-order chi connectivity index (χ1) is 9.02. The average Bonchev–Trinajstić information content (AvgIpc) is 2.88. The van der Waals surface area contributed by atoms with Crippen LogP contribution in [0.15, 0.2) is 21.0 Å². The molecule has 0 spiro atoms. The lowest BCUT2D eigenvalue weighted by molar-refractivity contribution is 0.411. The van der Waals surface area contributed by atoms with Gasteiger partial charge in [0.25, 0.3) is 0 Å². The van der Waals surface area contributed by atoms with Gasteiger partial charge in [0.05, 0.1) is 21.9 Å². The first-order valence-corrected chi connectivity index (χ1v) is 7.36. The van der Waals surface area contributed by atoms with Crippen molar-refractivity contribution in [1.82, 2.24) is 15.1 Å². The summed E-state index contributed by atoms with van der Waals surface area (Å²) in [6.45, 7) is 4.91. The highest BCUT2D eigenvalue weighted by Crippen LogP contribution is 2.27. The van der Waals surface area contributed by atoms with Gasteiger partial charge in [-0.3, -0.25) is 4.68 Å². The Bertz CT molecular complexity index is 564. The molecule has 0 aliphatic heterocycles. The highest BCUT2D eigenvalue weighted by Gasteiger charge is 2.20. The Morgan fingerprint density at radius 2 is 2.26 bits per heavy atom. The van der Waals surface area contributed by atoms with E-state index in [1.54, 1.807) is 6.07 Å². The molecule has 0 saturated carbocycles. The first kappa shape index (κ1) is 14.6. The fourth-order valence-corrected chi connectivity index (χ4v) is 2.78. The van der Waals surface area contributed by atoms with Crippen LogP contribution in [0.2, 0.25) is 5.22 Å². The third-order valence-corrected chi connectivity index (χ3v) is 4.28. The van der Waals surface area contributed by atoms with Crippen LogP contribution in [0.25, 0.3) is 0 Å². The van der Waals surface area contributed by atoms with Crippen molar-refractivity contribution in [2.24, 2.45) is 7.05 Å². The molecule has 2 aromatic rings. The minimum atomic E-state index is 0.0867. The zero-order chi connectivity index (χ0) is 14.0. The van der Waals surface area contributed by atoms with Crippen molar-refractivity contribution in [3.8, 4) is 0 Å². The summed E-state index contributed by atoms with van der Waals surface area (Å²) in [7, 11) is 1.95. The molecule has 19 heavy (non-hydrogen) atoms. The van der Waals surface area contributed by atoms with Crippen molar-refractivity contribution >= 4 is 27.5 Å². The summed E-state index contributed by atoms with van der Waals surface area (Å²) >= 11 is 9.44. The molecule has 1 N–H and O–H groups in total. The minimum Gasteiger partial charge on any atom is -0.448 e. The fourth-order valence-electron chi connectivity index (χ4n) is 2.13. The summed E-state index contributed by atoms with van der Waals surface area (Å²) in [5.41, 5.74) is 2.13. The van der Waals surface area contributed by atoms with Crippen LogP contribution in [0.3, 0.4) is 0 Å². The highest BCUT2D eigenvalue weighted by molar-refractivity contribution is 9.10. The number of rotatable bonds is 5. The van der Waals surface area contributed by atoms with Crippen molar-refractivity contribution in [3.63, 3.8) is 0 Å². The molecule has 0 aliphatic rings. The van der Waals surface area contributed by atoms with E-state index in [0.29, 0.717) is 5.22 Å². The van der Waals surface area contributed by atoms with Crippen LogP contribution >= 0.6 is 27.5 Å². The topological polar surface area (TPSA) is 43.0 Å². The van der Waals surface area contributed by atoms with Gasteiger partial charge in [-0.05, 0) is 53.1 Å². The second-order valence-electron chi connectivity index (χ2n) is 4.43. The number of furan rings is 1. The van der Waals surface area contributed by atoms with E-state index < -0.39 is 0 Å². The lowest BCUT2D eigenvalue weighted by Gasteiger charge is -2.16. The molecule has 1 unspecified atom stereocenters. The summed E-state index contributed by atoms with van der Waals surface area (Å²) < 4.78 is 8.46. The third-order valence-electron chi connectivity index (χ3n) is 3.05. The largest absolute Gasteiger partial charge is 0.448 e. The van der Waals surface area contributed by atoms with Crippen LogP contribution in [0.5, 0.6) is 0 Å². The molecular weight excluding hydrogens is 330 g/mol. The number of nitrogens with zero attached hydrogens (tertiary/aromatic N) is 2. The van der Waals surface area contributed by atoms with Gasteiger partial charge in [-0.15, -0.1) is 0 Å². The van der Waals surface area contributed by atoms with Crippen molar-refractivity contribution in [1.29, 1.82) is 0 Å². The summed E-state index contributed by atoms with van der Waals surface area (Å²) in [6, 6.07) is 3.76. The Balaban J connectivity index is 2.26. The standard InChI is InChI=1S/C13H17BrClN3O/c1-4-16-9(11-5-6-12(15)19-11)7-10-13(14)8(2)17-18(10)3/h5-6,9,16H,4,7H2,1-3H3. The molecule has 0 aliphatic carbocycles. The molecular formula is C13H17BrClN3O. The SMILES string of the molecule is CCNC(Cc1c(Br)c(C)nn1C)c1ccc(Cl)o1. The van der Waals surface area contributed by atoms with Crippen LogP contribution in [-0.2, 0) is 13.5 Å². The smallest absolute Gasteiger partial charge is 0.193 e. The van der Waals surface area contributed by atoms with Gasteiger partial charge in [0.15, 0.2) is 5.22 Å². The maximum absolute atomic E-state index is 5.85. The van der Waals surface area contributed by atoms with Crippen LogP contribution in [0.1, 0.15) is 30.1 Å². The van der Waals surface area contributed by atoms with Crippen molar-refractivity contribution in [2.75, 3.05) is 6.54 Å². The normalized spacial score (nSPS) is 12.9. The number of hydrogen-bond acceptors (Lipinski definition) is 3. The molecule has 0 saturated heterocycles. The van der Waals surface area contributed by atoms with E-state index in [4.69, 9.17) is 16.0 Å². The summed E-state index contributed by atoms with van der Waals surface area (Å²) in [5.74, 6) is 0.845. The summed E-state index contributed by atoms with van der Waals surface area (Å²) in [4.78, 5) is 0. The molecule has 2 aromatic heterocycles. The number of aryl methyl sites for hydroxylation is 2. The van der Waals surface area contributed by atoms with Gasteiger partial charge in [-0.1, -0.05) is 6.92 Å². The Hall–Kier alpha value is -0.780. The predicted molar refractivity (Wildman–Crippen MR) is 79.5 cm³/mol. The molecule has 0 radical (unpaired) electrons. The van der Waals surface area contributed by atoms with Gasteiger partial charge in [-0.2, -0.15) is 5.10 Å². The zero-order valence-corrected chi connectivity index (χ0v) is 13.5. The highest BCUT2D eigenvalue weighted by atomic mass is 79.9. The summed E-state index contributed by atoms with van der Waals surface area (Å²) in [6.07, 6.45) is 0.787. The molecule has 6 heteroatoms. The van der Waals surface area contributed by atoms with E-state index in [1.165, 1.54) is 0 Å². The second kappa shape index (κ2) is 6.11. The Morgan fingerprint density at radius 1 is 1.53 bits per heavy atom. The van der Waals surface area contributed by atoms with E-state index in [-0.39, 0.29) is 6.04 Å². The quantitative estimate of drug-likeness (QED) is 0.899. The number of halogens is 2. The Kier molecular flexibility index (Phi) is 4.71. The van der Waals surface area contributed by atoms with Gasteiger partial charge in [0, 0.05) is 13.5 Å². The van der Waals surface area contributed by atoms with E-state index in [0.717, 1.165) is 34.6 Å².